The second kappa shape index (κ2) is 7.92. The van der Waals surface area contributed by atoms with E-state index in [1.165, 1.54) is 20.5 Å². The second-order valence-electron chi connectivity index (χ2n) is 7.93. The highest BCUT2D eigenvalue weighted by Gasteiger charge is 2.26. The summed E-state index contributed by atoms with van der Waals surface area (Å²) in [5, 5.41) is 4.36. The van der Waals surface area contributed by atoms with Crippen LogP contribution < -0.4 is 10.2 Å². The first-order chi connectivity index (χ1) is 13.5. The summed E-state index contributed by atoms with van der Waals surface area (Å²) in [7, 11) is 0. The highest BCUT2D eigenvalue weighted by molar-refractivity contribution is 7.19. The minimum atomic E-state index is 0.0578. The number of anilines is 2. The van der Waals surface area contributed by atoms with Crippen LogP contribution in [-0.2, 0) is 4.79 Å². The average molecular weight is 394 g/mol. The topological polar surface area (TPSA) is 45.2 Å². The van der Waals surface area contributed by atoms with E-state index in [2.05, 4.69) is 60.2 Å². The molecule has 28 heavy (non-hydrogen) atoms. The number of nitrogens with zero attached hydrogens (tertiary/aromatic N) is 2. The van der Waals surface area contributed by atoms with Gasteiger partial charge in [0, 0.05) is 45.9 Å². The van der Waals surface area contributed by atoms with E-state index in [-0.39, 0.29) is 11.8 Å². The number of hydrogen-bond donors (Lipinski definition) is 1. The van der Waals surface area contributed by atoms with Gasteiger partial charge in [-0.25, -0.2) is 4.98 Å². The summed E-state index contributed by atoms with van der Waals surface area (Å²) in [6.45, 7) is 8.20. The predicted octanol–water partition coefficient (Wildman–Crippen LogP) is 5.58. The number of amides is 1. The number of pyridine rings is 1. The van der Waals surface area contributed by atoms with E-state index >= 15 is 0 Å². The molecule has 0 atom stereocenters. The highest BCUT2D eigenvalue weighted by Crippen LogP contribution is 2.33. The maximum Gasteiger partial charge on any atom is 0.227 e. The van der Waals surface area contributed by atoms with Crippen molar-refractivity contribution >= 4 is 38.8 Å². The summed E-state index contributed by atoms with van der Waals surface area (Å²) < 4.78 is 1.28. The van der Waals surface area contributed by atoms with E-state index in [4.69, 9.17) is 0 Å². The number of nitrogens with one attached hydrogen (secondary N) is 1. The van der Waals surface area contributed by atoms with Gasteiger partial charge in [0.05, 0.1) is 0 Å². The molecule has 3 heterocycles. The number of fused-ring (bicyclic) bond motifs is 1. The van der Waals surface area contributed by atoms with Crippen LogP contribution >= 0.6 is 11.3 Å². The van der Waals surface area contributed by atoms with Crippen molar-refractivity contribution in [3.8, 4) is 0 Å². The molecule has 1 N–H and O–H groups in total. The number of benzene rings is 1. The summed E-state index contributed by atoms with van der Waals surface area (Å²) in [6, 6.07) is 12.5. The summed E-state index contributed by atoms with van der Waals surface area (Å²) in [4.78, 5) is 21.0. The Balaban J connectivity index is 1.41. The molecule has 5 heteroatoms. The average Bonchev–Trinajstić information content (AvgIpc) is 3.08. The van der Waals surface area contributed by atoms with Crippen LogP contribution in [0.2, 0.25) is 0 Å². The molecule has 0 radical (unpaired) electrons. The molecule has 1 fully saturated rings. The van der Waals surface area contributed by atoms with Gasteiger partial charge in [0.1, 0.15) is 5.82 Å². The maximum absolute atomic E-state index is 12.8. The number of rotatable bonds is 4. The number of piperidine rings is 1. The predicted molar refractivity (Wildman–Crippen MR) is 118 cm³/mol. The number of thiophene rings is 1. The van der Waals surface area contributed by atoms with E-state index < -0.39 is 0 Å². The fourth-order valence-corrected chi connectivity index (χ4v) is 4.81. The molecule has 0 saturated carbocycles. The first kappa shape index (κ1) is 18.9. The van der Waals surface area contributed by atoms with Gasteiger partial charge in [0.25, 0.3) is 0 Å². The van der Waals surface area contributed by atoms with Crippen LogP contribution in [-0.4, -0.2) is 24.0 Å². The van der Waals surface area contributed by atoms with Gasteiger partial charge >= 0.3 is 0 Å². The number of hydrogen-bond acceptors (Lipinski definition) is 4. The van der Waals surface area contributed by atoms with Gasteiger partial charge in [-0.05, 0) is 55.5 Å². The Hall–Kier alpha value is -2.40. The van der Waals surface area contributed by atoms with Crippen LogP contribution in [0.25, 0.3) is 10.1 Å². The third kappa shape index (κ3) is 3.90. The van der Waals surface area contributed by atoms with Crippen LogP contribution in [0, 0.1) is 12.8 Å². The normalized spacial score (nSPS) is 15.4. The Labute approximate surface area is 170 Å². The zero-order chi connectivity index (χ0) is 19.7. The molecule has 1 aromatic carbocycles. The van der Waals surface area contributed by atoms with E-state index in [0.29, 0.717) is 5.92 Å². The largest absolute Gasteiger partial charge is 0.356 e. The first-order valence-corrected chi connectivity index (χ1v) is 10.8. The van der Waals surface area contributed by atoms with Crippen molar-refractivity contribution in [2.24, 2.45) is 5.92 Å². The van der Waals surface area contributed by atoms with Crippen molar-refractivity contribution in [1.29, 1.82) is 0 Å². The lowest BCUT2D eigenvalue weighted by molar-refractivity contribution is -0.120. The minimum absolute atomic E-state index is 0.0578. The third-order valence-corrected chi connectivity index (χ3v) is 6.55. The van der Waals surface area contributed by atoms with Crippen LogP contribution in [0.4, 0.5) is 11.5 Å². The summed E-state index contributed by atoms with van der Waals surface area (Å²) >= 11 is 1.81. The number of aromatic nitrogens is 1. The Kier molecular flexibility index (Phi) is 5.36. The second-order valence-corrected chi connectivity index (χ2v) is 9.22. The van der Waals surface area contributed by atoms with Crippen molar-refractivity contribution in [2.75, 3.05) is 23.3 Å². The van der Waals surface area contributed by atoms with Crippen molar-refractivity contribution < 1.29 is 4.79 Å². The molecule has 1 aliphatic heterocycles. The zero-order valence-electron chi connectivity index (χ0n) is 16.7. The fraction of sp³-hybridized carbons (Fsp3) is 0.391. The standard InChI is InChI=1S/C23H27N3OS/c1-15(2)18-5-4-6-19(14-18)25-23(27)17-8-11-26(12-9-17)22-20-13-16(3)28-21(20)7-10-24-22/h4-7,10,13-15,17H,8-9,11-12H2,1-3H3,(H,25,27). The Morgan fingerprint density at radius 1 is 1.21 bits per heavy atom. The lowest BCUT2D eigenvalue weighted by Gasteiger charge is -2.32. The molecule has 1 aliphatic rings. The number of aryl methyl sites for hydroxylation is 1. The Bertz CT molecular complexity index is 986. The SMILES string of the molecule is Cc1cc2c(N3CCC(C(=O)Nc4cccc(C(C)C)c4)CC3)nccc2s1. The number of carbonyl (C=O) groups excluding carboxylic acids is 1. The summed E-state index contributed by atoms with van der Waals surface area (Å²) in [6.07, 6.45) is 3.61. The molecule has 0 bridgehead atoms. The molecule has 0 aliphatic carbocycles. The van der Waals surface area contributed by atoms with Crippen LogP contribution in [0.1, 0.15) is 43.0 Å². The van der Waals surface area contributed by atoms with Gasteiger partial charge in [-0.15, -0.1) is 11.3 Å². The lowest BCUT2D eigenvalue weighted by atomic mass is 9.95. The molecule has 1 saturated heterocycles. The van der Waals surface area contributed by atoms with Gasteiger partial charge in [0.2, 0.25) is 5.91 Å². The van der Waals surface area contributed by atoms with Crippen molar-refractivity contribution in [2.45, 2.75) is 39.5 Å². The van der Waals surface area contributed by atoms with E-state index in [9.17, 15) is 4.79 Å². The summed E-state index contributed by atoms with van der Waals surface area (Å²) in [5.41, 5.74) is 2.15. The highest BCUT2D eigenvalue weighted by atomic mass is 32.1. The zero-order valence-corrected chi connectivity index (χ0v) is 17.6. The van der Waals surface area contributed by atoms with E-state index in [1.807, 2.05) is 29.7 Å². The minimum Gasteiger partial charge on any atom is -0.356 e. The van der Waals surface area contributed by atoms with Crippen molar-refractivity contribution in [3.63, 3.8) is 0 Å². The number of carbonyl (C=O) groups is 1. The fourth-order valence-electron chi connectivity index (χ4n) is 3.90. The monoisotopic (exact) mass is 393 g/mol. The molecule has 4 nitrogen and oxygen atoms in total. The van der Waals surface area contributed by atoms with Crippen molar-refractivity contribution in [1.82, 2.24) is 4.98 Å². The smallest absolute Gasteiger partial charge is 0.227 e. The molecule has 0 unspecified atom stereocenters. The van der Waals surface area contributed by atoms with Gasteiger partial charge in [-0.3, -0.25) is 4.79 Å². The molecule has 3 aromatic rings. The molecular formula is C23H27N3OS. The van der Waals surface area contributed by atoms with E-state index in [1.54, 1.807) is 0 Å². The van der Waals surface area contributed by atoms with Gasteiger partial charge in [0.15, 0.2) is 0 Å². The molecular weight excluding hydrogens is 366 g/mol. The molecule has 1 amide bonds. The summed E-state index contributed by atoms with van der Waals surface area (Å²) in [5.74, 6) is 1.71. The van der Waals surface area contributed by atoms with E-state index in [0.717, 1.165) is 37.4 Å². The van der Waals surface area contributed by atoms with Crippen LogP contribution in [0.5, 0.6) is 0 Å². The maximum atomic E-state index is 12.8. The Morgan fingerprint density at radius 3 is 2.75 bits per heavy atom. The molecule has 146 valence electrons. The van der Waals surface area contributed by atoms with Gasteiger partial charge < -0.3 is 10.2 Å². The molecule has 2 aromatic heterocycles. The lowest BCUT2D eigenvalue weighted by Crippen LogP contribution is -2.38. The molecule has 0 spiro atoms. The third-order valence-electron chi connectivity index (χ3n) is 5.53. The molecule has 4 rings (SSSR count). The van der Waals surface area contributed by atoms with Crippen LogP contribution in [0.15, 0.2) is 42.6 Å². The van der Waals surface area contributed by atoms with Gasteiger partial charge in [-0.1, -0.05) is 26.0 Å². The Morgan fingerprint density at radius 2 is 2.00 bits per heavy atom. The van der Waals surface area contributed by atoms with Crippen LogP contribution in [0.3, 0.4) is 0 Å². The van der Waals surface area contributed by atoms with Gasteiger partial charge in [-0.2, -0.15) is 0 Å². The first-order valence-electron chi connectivity index (χ1n) is 10.0. The quantitative estimate of drug-likeness (QED) is 0.629. The van der Waals surface area contributed by atoms with Crippen molar-refractivity contribution in [3.05, 3.63) is 53.0 Å².